The van der Waals surface area contributed by atoms with Crippen LogP contribution >= 0.6 is 11.8 Å². The van der Waals surface area contributed by atoms with Gasteiger partial charge in [0, 0.05) is 10.5 Å². The number of hydrogen-bond donors (Lipinski definition) is 1. The van der Waals surface area contributed by atoms with Crippen LogP contribution in [0.2, 0.25) is 0 Å². The number of benzene rings is 2. The van der Waals surface area contributed by atoms with Crippen molar-refractivity contribution in [3.8, 4) is 11.5 Å². The summed E-state index contributed by atoms with van der Waals surface area (Å²) in [6.45, 7) is 1.98. The molecule has 0 fully saturated rings. The van der Waals surface area contributed by atoms with E-state index in [9.17, 15) is 18.0 Å². The number of amides is 1. The molecule has 1 atom stereocenters. The van der Waals surface area contributed by atoms with E-state index in [4.69, 9.17) is 9.47 Å². The van der Waals surface area contributed by atoms with Gasteiger partial charge in [0.1, 0.15) is 0 Å². The van der Waals surface area contributed by atoms with E-state index in [2.05, 4.69) is 5.32 Å². The van der Waals surface area contributed by atoms with Gasteiger partial charge in [-0.3, -0.25) is 4.79 Å². The molecular formula is C17H14F3NO3S. The molecule has 1 N–H and O–H groups in total. The predicted molar refractivity (Wildman–Crippen MR) is 86.8 cm³/mol. The zero-order valence-corrected chi connectivity index (χ0v) is 13.9. The number of alkyl halides is 3. The first kappa shape index (κ1) is 17.5. The molecule has 1 amide bonds. The van der Waals surface area contributed by atoms with Crippen molar-refractivity contribution in [1.29, 1.82) is 0 Å². The molecule has 0 spiro atoms. The van der Waals surface area contributed by atoms with E-state index in [1.54, 1.807) is 12.1 Å². The Morgan fingerprint density at radius 1 is 1.12 bits per heavy atom. The second-order valence-electron chi connectivity index (χ2n) is 5.38. The minimum absolute atomic E-state index is 0.0351. The van der Waals surface area contributed by atoms with Crippen LogP contribution in [0.25, 0.3) is 0 Å². The molecule has 0 aromatic heterocycles. The fourth-order valence-corrected chi connectivity index (χ4v) is 2.89. The number of halogens is 3. The number of nitrogens with one attached hydrogen (secondary N) is 1. The Morgan fingerprint density at radius 2 is 1.80 bits per heavy atom. The maximum Gasteiger partial charge on any atom is 0.446 e. The van der Waals surface area contributed by atoms with Gasteiger partial charge < -0.3 is 14.8 Å². The minimum atomic E-state index is -4.35. The lowest BCUT2D eigenvalue weighted by Crippen LogP contribution is -2.26. The first-order chi connectivity index (χ1) is 11.8. The standard InChI is InChI=1S/C17H14F3NO3S/c1-10(12-4-7-14-15(8-12)24-9-23-14)21-16(22)11-2-5-13(6-3-11)25-17(18,19)20/h2-8,10H,9H2,1H3,(H,21,22). The van der Waals surface area contributed by atoms with Crippen LogP contribution in [-0.4, -0.2) is 18.2 Å². The largest absolute Gasteiger partial charge is 0.454 e. The van der Waals surface area contributed by atoms with Crippen LogP contribution in [0, 0.1) is 0 Å². The molecule has 2 aromatic carbocycles. The van der Waals surface area contributed by atoms with Crippen LogP contribution in [0.15, 0.2) is 47.4 Å². The number of hydrogen-bond acceptors (Lipinski definition) is 4. The lowest BCUT2D eigenvalue weighted by Gasteiger charge is -2.15. The number of thioether (sulfide) groups is 1. The normalized spacial score (nSPS) is 14.2. The van der Waals surface area contributed by atoms with Gasteiger partial charge in [-0.1, -0.05) is 6.07 Å². The number of carbonyl (C=O) groups is 1. The van der Waals surface area contributed by atoms with Crippen molar-refractivity contribution in [3.05, 3.63) is 53.6 Å². The summed E-state index contributed by atoms with van der Waals surface area (Å²) >= 11 is -0.214. The second kappa shape index (κ2) is 6.87. The van der Waals surface area contributed by atoms with Gasteiger partial charge in [-0.15, -0.1) is 0 Å². The third-order valence-corrected chi connectivity index (χ3v) is 4.33. The molecular weight excluding hydrogens is 355 g/mol. The van der Waals surface area contributed by atoms with Gasteiger partial charge in [0.25, 0.3) is 5.91 Å². The third-order valence-electron chi connectivity index (χ3n) is 3.59. The molecule has 1 aliphatic rings. The van der Waals surface area contributed by atoms with Crippen molar-refractivity contribution in [2.75, 3.05) is 6.79 Å². The number of ether oxygens (including phenoxy) is 2. The summed E-state index contributed by atoms with van der Waals surface area (Å²) < 4.78 is 47.5. The first-order valence-electron chi connectivity index (χ1n) is 7.38. The Hall–Kier alpha value is -2.35. The van der Waals surface area contributed by atoms with Crippen LogP contribution in [-0.2, 0) is 0 Å². The summed E-state index contributed by atoms with van der Waals surface area (Å²) in [5.74, 6) is 0.904. The van der Waals surface area contributed by atoms with Gasteiger partial charge in [0.15, 0.2) is 11.5 Å². The molecule has 25 heavy (non-hydrogen) atoms. The lowest BCUT2D eigenvalue weighted by atomic mass is 10.1. The molecule has 8 heteroatoms. The molecule has 0 radical (unpaired) electrons. The van der Waals surface area contributed by atoms with Crippen LogP contribution < -0.4 is 14.8 Å². The quantitative estimate of drug-likeness (QED) is 0.805. The Bertz CT molecular complexity index is 778. The monoisotopic (exact) mass is 369 g/mol. The zero-order chi connectivity index (χ0) is 18.0. The molecule has 2 aromatic rings. The Balaban J connectivity index is 1.65. The zero-order valence-electron chi connectivity index (χ0n) is 13.1. The maximum absolute atomic E-state index is 12.3. The van der Waals surface area contributed by atoms with Gasteiger partial charge in [-0.05, 0) is 60.6 Å². The molecule has 0 bridgehead atoms. The van der Waals surface area contributed by atoms with E-state index >= 15 is 0 Å². The highest BCUT2D eigenvalue weighted by Crippen LogP contribution is 2.37. The van der Waals surface area contributed by atoms with Crippen molar-refractivity contribution >= 4 is 17.7 Å². The average Bonchev–Trinajstić information content (AvgIpc) is 3.01. The van der Waals surface area contributed by atoms with Gasteiger partial charge in [0.05, 0.1) is 6.04 Å². The first-order valence-corrected chi connectivity index (χ1v) is 8.20. The molecule has 3 rings (SSSR count). The number of carbonyl (C=O) groups excluding carboxylic acids is 1. The van der Waals surface area contributed by atoms with Crippen molar-refractivity contribution in [3.63, 3.8) is 0 Å². The average molecular weight is 369 g/mol. The van der Waals surface area contributed by atoms with Gasteiger partial charge in [-0.2, -0.15) is 13.2 Å². The molecule has 132 valence electrons. The van der Waals surface area contributed by atoms with Gasteiger partial charge in [0.2, 0.25) is 6.79 Å². The maximum atomic E-state index is 12.3. The minimum Gasteiger partial charge on any atom is -0.454 e. The molecule has 4 nitrogen and oxygen atoms in total. The van der Waals surface area contributed by atoms with E-state index < -0.39 is 5.51 Å². The summed E-state index contributed by atoms with van der Waals surface area (Å²) in [6.07, 6.45) is 0. The van der Waals surface area contributed by atoms with Crippen LogP contribution in [0.3, 0.4) is 0 Å². The van der Waals surface area contributed by atoms with Crippen molar-refractivity contribution in [1.82, 2.24) is 5.32 Å². The summed E-state index contributed by atoms with van der Waals surface area (Å²) in [5.41, 5.74) is -3.22. The fourth-order valence-electron chi connectivity index (χ4n) is 2.35. The highest BCUT2D eigenvalue weighted by molar-refractivity contribution is 8.00. The molecule has 1 aliphatic heterocycles. The number of fused-ring (bicyclic) bond motifs is 1. The molecule has 0 saturated carbocycles. The Labute approximate surface area is 146 Å². The topological polar surface area (TPSA) is 47.6 Å². The number of rotatable bonds is 4. The highest BCUT2D eigenvalue weighted by atomic mass is 32.2. The van der Waals surface area contributed by atoms with Crippen molar-refractivity contribution < 1.29 is 27.4 Å². The van der Waals surface area contributed by atoms with Crippen LogP contribution in [0.1, 0.15) is 28.9 Å². The molecule has 1 unspecified atom stereocenters. The SMILES string of the molecule is CC(NC(=O)c1ccc(SC(F)(F)F)cc1)c1ccc2c(c1)OCO2. The lowest BCUT2D eigenvalue weighted by molar-refractivity contribution is -0.0328. The Morgan fingerprint density at radius 3 is 2.48 bits per heavy atom. The summed E-state index contributed by atoms with van der Waals surface area (Å²) in [7, 11) is 0. The van der Waals surface area contributed by atoms with Gasteiger partial charge in [-0.25, -0.2) is 0 Å². The second-order valence-corrected chi connectivity index (χ2v) is 6.52. The summed E-state index contributed by atoms with van der Waals surface area (Å²) in [5, 5.41) is 2.81. The highest BCUT2D eigenvalue weighted by Gasteiger charge is 2.29. The van der Waals surface area contributed by atoms with Crippen LogP contribution in [0.4, 0.5) is 13.2 Å². The molecule has 1 heterocycles. The third kappa shape index (κ3) is 4.39. The van der Waals surface area contributed by atoms with E-state index in [0.29, 0.717) is 17.1 Å². The summed E-state index contributed by atoms with van der Waals surface area (Å²) in [4.78, 5) is 12.3. The van der Waals surface area contributed by atoms with Crippen molar-refractivity contribution in [2.45, 2.75) is 23.4 Å². The predicted octanol–water partition coefficient (Wildman–Crippen LogP) is 4.52. The molecule has 0 saturated heterocycles. The van der Waals surface area contributed by atoms with E-state index in [1.165, 1.54) is 24.3 Å². The van der Waals surface area contributed by atoms with Crippen LogP contribution in [0.5, 0.6) is 11.5 Å². The summed E-state index contributed by atoms with van der Waals surface area (Å²) in [6, 6.07) is 10.4. The van der Waals surface area contributed by atoms with E-state index in [1.807, 2.05) is 13.0 Å². The Kier molecular flexibility index (Phi) is 4.80. The van der Waals surface area contributed by atoms with E-state index in [-0.39, 0.29) is 35.4 Å². The molecule has 0 aliphatic carbocycles. The van der Waals surface area contributed by atoms with E-state index in [0.717, 1.165) is 5.56 Å². The van der Waals surface area contributed by atoms with Gasteiger partial charge >= 0.3 is 5.51 Å². The van der Waals surface area contributed by atoms with Crippen molar-refractivity contribution in [2.24, 2.45) is 0 Å². The smallest absolute Gasteiger partial charge is 0.446 e. The fraction of sp³-hybridized carbons (Fsp3) is 0.235.